The summed E-state index contributed by atoms with van der Waals surface area (Å²) in [6.07, 6.45) is 0. The van der Waals surface area contributed by atoms with Crippen molar-refractivity contribution in [2.24, 2.45) is 0 Å². The third-order valence-electron chi connectivity index (χ3n) is 5.77. The Morgan fingerprint density at radius 2 is 1.63 bits per heavy atom. The van der Waals surface area contributed by atoms with E-state index in [-0.39, 0.29) is 21.4 Å². The molecule has 0 saturated carbocycles. The van der Waals surface area contributed by atoms with Crippen LogP contribution in [0.25, 0.3) is 0 Å². The van der Waals surface area contributed by atoms with Crippen molar-refractivity contribution in [3.8, 4) is 0 Å². The van der Waals surface area contributed by atoms with Crippen LogP contribution in [0.4, 0.5) is 5.69 Å². The van der Waals surface area contributed by atoms with E-state index in [0.717, 1.165) is 44.0 Å². The van der Waals surface area contributed by atoms with Gasteiger partial charge in [0.15, 0.2) is 0 Å². The molecule has 1 amide bonds. The molecule has 1 aliphatic heterocycles. The zero-order valence-corrected chi connectivity index (χ0v) is 21.0. The maximum Gasteiger partial charge on any atom is 0.263 e. The number of aryl methyl sites for hydroxylation is 1. The smallest absolute Gasteiger partial charge is 0.263 e. The third-order valence-corrected chi connectivity index (χ3v) is 7.64. The normalized spacial score (nSPS) is 14.5. The van der Waals surface area contributed by atoms with Gasteiger partial charge in [0.05, 0.1) is 18.2 Å². The molecule has 7 nitrogen and oxygen atoms in total. The second-order valence-corrected chi connectivity index (χ2v) is 10.6. The van der Waals surface area contributed by atoms with Crippen molar-refractivity contribution >= 4 is 33.2 Å². The number of rotatable bonds is 8. The number of benzene rings is 3. The zero-order chi connectivity index (χ0) is 24.8. The van der Waals surface area contributed by atoms with E-state index < -0.39 is 10.0 Å². The van der Waals surface area contributed by atoms with Crippen molar-refractivity contribution in [3.05, 3.63) is 94.0 Å². The number of carbonyl (C=O) groups excluding carboxylic acids is 1. The minimum atomic E-state index is -3.97. The number of morpholine rings is 1. The number of halogens is 1. The molecule has 184 valence electrons. The average Bonchev–Trinajstić information content (AvgIpc) is 2.85. The molecule has 3 aromatic rings. The van der Waals surface area contributed by atoms with E-state index in [1.165, 1.54) is 23.8 Å². The van der Waals surface area contributed by atoms with Crippen LogP contribution in [0.1, 0.15) is 27.0 Å². The number of nitrogens with one attached hydrogen (secondary N) is 2. The van der Waals surface area contributed by atoms with Crippen LogP contribution < -0.4 is 10.0 Å². The second kappa shape index (κ2) is 11.2. The molecule has 0 aromatic heterocycles. The predicted molar refractivity (Wildman–Crippen MR) is 137 cm³/mol. The quantitative estimate of drug-likeness (QED) is 0.471. The van der Waals surface area contributed by atoms with E-state index in [2.05, 4.69) is 27.1 Å². The summed E-state index contributed by atoms with van der Waals surface area (Å²) in [7, 11) is -3.97. The lowest BCUT2D eigenvalue weighted by Gasteiger charge is -2.26. The molecule has 0 bridgehead atoms. The molecule has 2 N–H and O–H groups in total. The highest BCUT2D eigenvalue weighted by molar-refractivity contribution is 7.92. The van der Waals surface area contributed by atoms with Gasteiger partial charge >= 0.3 is 0 Å². The summed E-state index contributed by atoms with van der Waals surface area (Å²) in [6, 6.07) is 19.2. The lowest BCUT2D eigenvalue weighted by atomic mass is 10.1. The first kappa shape index (κ1) is 25.2. The number of anilines is 1. The number of ether oxygens (including phenoxy) is 1. The fourth-order valence-electron chi connectivity index (χ4n) is 3.75. The monoisotopic (exact) mass is 513 g/mol. The summed E-state index contributed by atoms with van der Waals surface area (Å²) in [6.45, 7) is 6.49. The maximum atomic E-state index is 12.9. The van der Waals surface area contributed by atoms with E-state index in [1.54, 1.807) is 24.3 Å². The fourth-order valence-corrected chi connectivity index (χ4v) is 5.33. The van der Waals surface area contributed by atoms with Gasteiger partial charge in [0.1, 0.15) is 4.90 Å². The van der Waals surface area contributed by atoms with Crippen LogP contribution in [-0.4, -0.2) is 45.5 Å². The van der Waals surface area contributed by atoms with Crippen LogP contribution in [0, 0.1) is 6.92 Å². The number of nitrogens with zero attached hydrogens (tertiary/aromatic N) is 1. The van der Waals surface area contributed by atoms with Gasteiger partial charge in [0.2, 0.25) is 0 Å². The molecule has 0 aliphatic carbocycles. The number of amides is 1. The van der Waals surface area contributed by atoms with Crippen molar-refractivity contribution in [1.29, 1.82) is 0 Å². The first-order valence-electron chi connectivity index (χ1n) is 11.4. The van der Waals surface area contributed by atoms with Gasteiger partial charge in [-0.15, -0.1) is 0 Å². The van der Waals surface area contributed by atoms with Crippen LogP contribution >= 0.6 is 11.6 Å². The molecule has 1 fully saturated rings. The van der Waals surface area contributed by atoms with Crippen LogP contribution in [-0.2, 0) is 27.8 Å². The molecule has 0 radical (unpaired) electrons. The average molecular weight is 514 g/mol. The summed E-state index contributed by atoms with van der Waals surface area (Å²) in [5, 5.41) is 2.88. The van der Waals surface area contributed by atoms with Gasteiger partial charge in [-0.05, 0) is 48.4 Å². The Morgan fingerprint density at radius 3 is 2.31 bits per heavy atom. The number of hydrogen-bond donors (Lipinski definition) is 2. The summed E-state index contributed by atoms with van der Waals surface area (Å²) >= 11 is 6.17. The Kier molecular flexibility index (Phi) is 8.07. The van der Waals surface area contributed by atoms with E-state index >= 15 is 0 Å². The predicted octanol–water partition coefficient (Wildman–Crippen LogP) is 4.21. The lowest BCUT2D eigenvalue weighted by Crippen LogP contribution is -2.35. The SMILES string of the molecule is Cc1ccc(NS(=O)(=O)c2cc(C(=O)NCc3ccc(CN4CCOCC4)cc3)ccc2Cl)cc1. The van der Waals surface area contributed by atoms with Crippen LogP contribution in [0.3, 0.4) is 0 Å². The number of hydrogen-bond acceptors (Lipinski definition) is 5. The van der Waals surface area contributed by atoms with Crippen LogP contribution in [0.2, 0.25) is 5.02 Å². The van der Waals surface area contributed by atoms with Crippen LogP contribution in [0.5, 0.6) is 0 Å². The summed E-state index contributed by atoms with van der Waals surface area (Å²) in [4.78, 5) is 14.9. The van der Waals surface area contributed by atoms with Crippen LogP contribution in [0.15, 0.2) is 71.6 Å². The maximum absolute atomic E-state index is 12.9. The Morgan fingerprint density at radius 1 is 0.971 bits per heavy atom. The van der Waals surface area contributed by atoms with Gasteiger partial charge in [-0.2, -0.15) is 0 Å². The van der Waals surface area contributed by atoms with Gasteiger partial charge in [-0.3, -0.25) is 14.4 Å². The first-order valence-corrected chi connectivity index (χ1v) is 13.2. The molecule has 3 aromatic carbocycles. The van der Waals surface area contributed by atoms with Gasteiger partial charge in [-0.25, -0.2) is 8.42 Å². The molecule has 1 aliphatic rings. The first-order chi connectivity index (χ1) is 16.8. The largest absolute Gasteiger partial charge is 0.379 e. The Hall–Kier alpha value is -2.91. The van der Waals surface area contributed by atoms with Crippen molar-refractivity contribution < 1.29 is 17.9 Å². The minimum absolute atomic E-state index is 0.0389. The molecule has 0 spiro atoms. The Balaban J connectivity index is 1.39. The van der Waals surface area contributed by atoms with E-state index in [9.17, 15) is 13.2 Å². The van der Waals surface area contributed by atoms with Gasteiger partial charge in [0.25, 0.3) is 15.9 Å². The molecule has 1 saturated heterocycles. The van der Waals surface area contributed by atoms with Crippen molar-refractivity contribution in [2.75, 3.05) is 31.0 Å². The van der Waals surface area contributed by atoms with Crippen molar-refractivity contribution in [2.45, 2.75) is 24.9 Å². The molecular weight excluding hydrogens is 486 g/mol. The second-order valence-electron chi connectivity index (χ2n) is 8.50. The number of sulfonamides is 1. The van der Waals surface area contributed by atoms with Gasteiger partial charge in [-0.1, -0.05) is 53.6 Å². The topological polar surface area (TPSA) is 87.7 Å². The molecule has 0 atom stereocenters. The highest BCUT2D eigenvalue weighted by Gasteiger charge is 2.20. The third kappa shape index (κ3) is 6.82. The summed E-state index contributed by atoms with van der Waals surface area (Å²) in [5.41, 5.74) is 3.79. The standard InChI is InChI=1S/C26H28ClN3O4S/c1-19-2-9-23(10-3-19)29-35(32,33)25-16-22(8-11-24(25)27)26(31)28-17-20-4-6-21(7-5-20)18-30-12-14-34-15-13-30/h2-11,16,29H,12-15,17-18H2,1H3,(H,28,31). The van der Waals surface area contributed by atoms with E-state index in [1.807, 2.05) is 19.1 Å². The van der Waals surface area contributed by atoms with Crippen molar-refractivity contribution in [3.63, 3.8) is 0 Å². The molecule has 9 heteroatoms. The number of carbonyl (C=O) groups is 1. The molecule has 0 unspecified atom stereocenters. The fraction of sp³-hybridized carbons (Fsp3) is 0.269. The van der Waals surface area contributed by atoms with Gasteiger partial charge < -0.3 is 10.1 Å². The Labute approximate surface area is 211 Å². The molecule has 1 heterocycles. The summed E-state index contributed by atoms with van der Waals surface area (Å²) in [5.74, 6) is -0.383. The van der Waals surface area contributed by atoms with Gasteiger partial charge in [0, 0.05) is 37.4 Å². The van der Waals surface area contributed by atoms with E-state index in [0.29, 0.717) is 12.2 Å². The Bertz CT molecular complexity index is 1270. The lowest BCUT2D eigenvalue weighted by molar-refractivity contribution is 0.0342. The highest BCUT2D eigenvalue weighted by atomic mass is 35.5. The molecule has 35 heavy (non-hydrogen) atoms. The minimum Gasteiger partial charge on any atom is -0.379 e. The molecular formula is C26H28ClN3O4S. The zero-order valence-electron chi connectivity index (χ0n) is 19.5. The highest BCUT2D eigenvalue weighted by Crippen LogP contribution is 2.25. The van der Waals surface area contributed by atoms with E-state index in [4.69, 9.17) is 16.3 Å². The molecule has 4 rings (SSSR count). The summed E-state index contributed by atoms with van der Waals surface area (Å²) < 4.78 is 33.7. The van der Waals surface area contributed by atoms with Crippen molar-refractivity contribution in [1.82, 2.24) is 10.2 Å².